The molecule has 0 atom stereocenters. The maximum atomic E-state index is 12.3. The van der Waals surface area contributed by atoms with E-state index in [0.717, 1.165) is 23.1 Å². The second-order valence-corrected chi connectivity index (χ2v) is 11.2. The topological polar surface area (TPSA) is 61.8 Å². The Morgan fingerprint density at radius 3 is 2.59 bits per heavy atom. The first kappa shape index (κ1) is 24.5. The zero-order valence-electron chi connectivity index (χ0n) is 16.8. The number of aliphatic imine (C=N–C) groups is 1. The summed E-state index contributed by atoms with van der Waals surface area (Å²) in [5, 5.41) is 4.03. The highest BCUT2D eigenvalue weighted by Gasteiger charge is 2.41. The molecule has 2 rings (SSSR count). The minimum atomic E-state index is -3.07. The van der Waals surface area contributed by atoms with Crippen molar-refractivity contribution in [1.29, 1.82) is 0 Å². The van der Waals surface area contributed by atoms with Gasteiger partial charge in [-0.3, -0.25) is 4.99 Å². The lowest BCUT2D eigenvalue weighted by Gasteiger charge is -2.39. The van der Waals surface area contributed by atoms with E-state index < -0.39 is 14.6 Å². The normalized spacial score (nSPS) is 19.3. The van der Waals surface area contributed by atoms with Crippen LogP contribution in [-0.4, -0.2) is 56.0 Å². The number of halogens is 2. The highest BCUT2D eigenvalue weighted by atomic mass is 127. The van der Waals surface area contributed by atoms with Crippen molar-refractivity contribution in [3.63, 3.8) is 0 Å². The van der Waals surface area contributed by atoms with Crippen LogP contribution >= 0.6 is 35.6 Å². The van der Waals surface area contributed by atoms with Crippen molar-refractivity contribution in [2.75, 3.05) is 31.9 Å². The molecule has 1 saturated heterocycles. The van der Waals surface area contributed by atoms with Gasteiger partial charge in [0.05, 0.1) is 17.0 Å². The molecular weight excluding hydrogens is 497 g/mol. The molecule has 154 valence electrons. The molecule has 1 aromatic carbocycles. The quantitative estimate of drug-likeness (QED) is 0.368. The highest BCUT2D eigenvalue weighted by Crippen LogP contribution is 2.27. The molecule has 8 heteroatoms. The van der Waals surface area contributed by atoms with Crippen LogP contribution in [0.2, 0.25) is 5.02 Å². The van der Waals surface area contributed by atoms with Crippen molar-refractivity contribution in [3.05, 3.63) is 34.9 Å². The summed E-state index contributed by atoms with van der Waals surface area (Å²) < 4.78 is 23.8. The summed E-state index contributed by atoms with van der Waals surface area (Å²) in [4.78, 5) is 6.88. The summed E-state index contributed by atoms with van der Waals surface area (Å²) in [5.41, 5.74) is 0.953. The second kappa shape index (κ2) is 9.31. The predicted octanol–water partition coefficient (Wildman–Crippen LogP) is 3.71. The zero-order valence-corrected chi connectivity index (χ0v) is 20.7. The van der Waals surface area contributed by atoms with E-state index in [1.165, 1.54) is 0 Å². The fourth-order valence-corrected chi connectivity index (χ4v) is 4.58. The molecule has 0 aromatic heterocycles. The maximum Gasteiger partial charge on any atom is 0.194 e. The van der Waals surface area contributed by atoms with Crippen LogP contribution in [0.5, 0.6) is 0 Å². The van der Waals surface area contributed by atoms with Gasteiger partial charge in [0.1, 0.15) is 0 Å². The highest BCUT2D eigenvalue weighted by molar-refractivity contribution is 14.0. The number of nitrogens with zero attached hydrogens (tertiary/aromatic N) is 2. The molecule has 0 spiro atoms. The maximum absolute atomic E-state index is 12.3. The molecule has 1 N–H and O–H groups in total. The van der Waals surface area contributed by atoms with E-state index >= 15 is 0 Å². The Labute approximate surface area is 185 Å². The lowest BCUT2D eigenvalue weighted by molar-refractivity contribution is 0.352. The lowest BCUT2D eigenvalue weighted by atomic mass is 9.85. The number of guanidine groups is 1. The number of rotatable bonds is 4. The van der Waals surface area contributed by atoms with Crippen LogP contribution in [-0.2, 0) is 15.3 Å². The Morgan fingerprint density at radius 2 is 2.04 bits per heavy atom. The smallest absolute Gasteiger partial charge is 0.194 e. The molecule has 0 saturated carbocycles. The molecule has 0 bridgehead atoms. The third kappa shape index (κ3) is 5.97. The number of sulfone groups is 1. The molecule has 27 heavy (non-hydrogen) atoms. The van der Waals surface area contributed by atoms with Crippen LogP contribution in [0.15, 0.2) is 29.3 Å². The summed E-state index contributed by atoms with van der Waals surface area (Å²) >= 11 is 6.13. The van der Waals surface area contributed by atoms with E-state index in [2.05, 4.69) is 30.1 Å². The van der Waals surface area contributed by atoms with E-state index in [4.69, 9.17) is 16.6 Å². The molecule has 1 aromatic rings. The Hall–Kier alpha value is -0.540. The minimum Gasteiger partial charge on any atom is -0.357 e. The average Bonchev–Trinajstić information content (AvgIpc) is 2.54. The van der Waals surface area contributed by atoms with Gasteiger partial charge < -0.3 is 10.2 Å². The number of nitrogens with one attached hydrogen (secondary N) is 1. The summed E-state index contributed by atoms with van der Waals surface area (Å²) in [6.07, 6.45) is 0. The van der Waals surface area contributed by atoms with Gasteiger partial charge in [-0.2, -0.15) is 0 Å². The molecule has 0 unspecified atom stereocenters. The largest absolute Gasteiger partial charge is 0.357 e. The Kier molecular flexibility index (Phi) is 8.44. The Bertz CT molecular complexity index is 779. The fourth-order valence-electron chi connectivity index (χ4n) is 3.02. The minimum absolute atomic E-state index is 0. The summed E-state index contributed by atoms with van der Waals surface area (Å²) in [7, 11) is -3.07. The van der Waals surface area contributed by atoms with Gasteiger partial charge in [0, 0.05) is 30.1 Å². The van der Waals surface area contributed by atoms with Crippen molar-refractivity contribution >= 4 is 51.4 Å². The second-order valence-electron chi connectivity index (χ2n) is 8.06. The third-order valence-electron chi connectivity index (χ3n) is 4.91. The van der Waals surface area contributed by atoms with Crippen LogP contribution in [0.1, 0.15) is 40.2 Å². The van der Waals surface area contributed by atoms with Crippen molar-refractivity contribution in [1.82, 2.24) is 10.2 Å². The summed E-state index contributed by atoms with van der Waals surface area (Å²) in [5.74, 6) is 0.924. The van der Waals surface area contributed by atoms with Gasteiger partial charge in [-0.25, -0.2) is 8.42 Å². The van der Waals surface area contributed by atoms with Crippen molar-refractivity contribution < 1.29 is 8.42 Å². The first-order valence-corrected chi connectivity index (χ1v) is 11.0. The third-order valence-corrected chi connectivity index (χ3v) is 7.68. The molecule has 0 radical (unpaired) electrons. The van der Waals surface area contributed by atoms with Gasteiger partial charge in [-0.1, -0.05) is 37.6 Å². The van der Waals surface area contributed by atoms with Gasteiger partial charge in [0.2, 0.25) is 0 Å². The van der Waals surface area contributed by atoms with Crippen molar-refractivity contribution in [2.45, 2.75) is 44.8 Å². The van der Waals surface area contributed by atoms with E-state index in [1.54, 1.807) is 13.8 Å². The average molecular weight is 528 g/mol. The lowest BCUT2D eigenvalue weighted by Crippen LogP contribution is -2.57. The number of hydrogen-bond acceptors (Lipinski definition) is 3. The number of benzene rings is 1. The van der Waals surface area contributed by atoms with E-state index in [0.29, 0.717) is 19.6 Å². The van der Waals surface area contributed by atoms with Crippen LogP contribution in [0, 0.1) is 0 Å². The van der Waals surface area contributed by atoms with Gasteiger partial charge >= 0.3 is 0 Å². The van der Waals surface area contributed by atoms with E-state index in [1.807, 2.05) is 25.1 Å². The molecule has 5 nitrogen and oxygen atoms in total. The van der Waals surface area contributed by atoms with E-state index in [-0.39, 0.29) is 35.1 Å². The van der Waals surface area contributed by atoms with Crippen LogP contribution in [0.25, 0.3) is 0 Å². The standard InChI is InChI=1S/C19H30ClN3O2S.HI/c1-6-21-17(23-10-11-26(24,25)19(4,5)14-23)22-13-18(2,3)15-8-7-9-16(20)12-15;/h7-9,12H,6,10-11,13-14H2,1-5H3,(H,21,22);1H. The van der Waals surface area contributed by atoms with Crippen molar-refractivity contribution in [2.24, 2.45) is 4.99 Å². The molecule has 1 heterocycles. The molecule has 1 aliphatic rings. The monoisotopic (exact) mass is 527 g/mol. The van der Waals surface area contributed by atoms with Gasteiger partial charge in [0.25, 0.3) is 0 Å². The fraction of sp³-hybridized carbons (Fsp3) is 0.632. The van der Waals surface area contributed by atoms with Crippen LogP contribution < -0.4 is 5.32 Å². The molecular formula is C19H31ClIN3O2S. The number of hydrogen-bond donors (Lipinski definition) is 1. The van der Waals surface area contributed by atoms with Gasteiger partial charge in [-0.05, 0) is 38.5 Å². The summed E-state index contributed by atoms with van der Waals surface area (Å²) in [6.45, 7) is 12.1. The van der Waals surface area contributed by atoms with Gasteiger partial charge in [0.15, 0.2) is 15.8 Å². The van der Waals surface area contributed by atoms with Crippen LogP contribution in [0.3, 0.4) is 0 Å². The Balaban J connectivity index is 0.00000364. The SMILES string of the molecule is CCNC(=NCC(C)(C)c1cccc(Cl)c1)N1CCS(=O)(=O)C(C)(C)C1.I. The van der Waals surface area contributed by atoms with Gasteiger partial charge in [-0.15, -0.1) is 24.0 Å². The van der Waals surface area contributed by atoms with Crippen LogP contribution in [0.4, 0.5) is 0 Å². The van der Waals surface area contributed by atoms with E-state index in [9.17, 15) is 8.42 Å². The molecule has 0 aliphatic carbocycles. The first-order valence-electron chi connectivity index (χ1n) is 9.00. The summed E-state index contributed by atoms with van der Waals surface area (Å²) in [6, 6.07) is 7.85. The molecule has 1 aliphatic heterocycles. The predicted molar refractivity (Wildman–Crippen MR) is 125 cm³/mol. The zero-order chi connectivity index (χ0) is 19.6. The molecule has 0 amide bonds. The first-order chi connectivity index (χ1) is 12.0. The Morgan fingerprint density at radius 1 is 1.37 bits per heavy atom. The van der Waals surface area contributed by atoms with Crippen molar-refractivity contribution in [3.8, 4) is 0 Å². The molecule has 1 fully saturated rings.